The molecule has 1 N–H and O–H groups in total. The predicted octanol–water partition coefficient (Wildman–Crippen LogP) is 3.72. The van der Waals surface area contributed by atoms with E-state index >= 15 is 0 Å². The van der Waals surface area contributed by atoms with Crippen LogP contribution in [-0.2, 0) is 4.79 Å². The molecule has 8 heteroatoms. The highest BCUT2D eigenvalue weighted by Gasteiger charge is 2.24. The van der Waals surface area contributed by atoms with Crippen molar-refractivity contribution in [2.24, 2.45) is 0 Å². The smallest absolute Gasteiger partial charge is 0.289 e. The van der Waals surface area contributed by atoms with Gasteiger partial charge in [0, 0.05) is 37.1 Å². The number of piperazine rings is 1. The van der Waals surface area contributed by atoms with Crippen LogP contribution in [0.2, 0.25) is 0 Å². The molecular weight excluding hydrogens is 412 g/mol. The summed E-state index contributed by atoms with van der Waals surface area (Å²) >= 11 is 1.43. The van der Waals surface area contributed by atoms with Crippen LogP contribution in [0.3, 0.4) is 0 Å². The average molecular weight is 439 g/mol. The van der Waals surface area contributed by atoms with E-state index in [9.17, 15) is 9.59 Å². The van der Waals surface area contributed by atoms with Crippen LogP contribution in [0.1, 0.15) is 27.2 Å². The summed E-state index contributed by atoms with van der Waals surface area (Å²) in [4.78, 5) is 33.3. The molecule has 3 aromatic rings. The van der Waals surface area contributed by atoms with Crippen molar-refractivity contribution in [1.82, 2.24) is 14.8 Å². The molecule has 7 nitrogen and oxygen atoms in total. The number of thiazole rings is 1. The Hall–Kier alpha value is -2.97. The lowest BCUT2D eigenvalue weighted by atomic mass is 9.98. The van der Waals surface area contributed by atoms with Crippen LogP contribution in [0.5, 0.6) is 0 Å². The van der Waals surface area contributed by atoms with Crippen molar-refractivity contribution in [2.75, 3.05) is 38.0 Å². The van der Waals surface area contributed by atoms with Gasteiger partial charge in [-0.05, 0) is 44.0 Å². The van der Waals surface area contributed by atoms with E-state index in [0.717, 1.165) is 11.3 Å². The Labute approximate surface area is 185 Å². The third-order valence-electron chi connectivity index (χ3n) is 5.44. The van der Waals surface area contributed by atoms with Crippen LogP contribution >= 0.6 is 11.3 Å². The number of aromatic nitrogens is 1. The summed E-state index contributed by atoms with van der Waals surface area (Å²) in [6.07, 6.45) is 1.50. The zero-order chi connectivity index (χ0) is 22.0. The van der Waals surface area contributed by atoms with Gasteiger partial charge in [-0.15, -0.1) is 11.3 Å². The first kappa shape index (κ1) is 21.3. The predicted molar refractivity (Wildman–Crippen MR) is 121 cm³/mol. The molecule has 31 heavy (non-hydrogen) atoms. The van der Waals surface area contributed by atoms with Gasteiger partial charge >= 0.3 is 0 Å². The Kier molecular flexibility index (Phi) is 6.20. The molecule has 1 saturated heterocycles. The minimum atomic E-state index is -0.105. The van der Waals surface area contributed by atoms with Crippen LogP contribution in [0.25, 0.3) is 11.3 Å². The van der Waals surface area contributed by atoms with Crippen LogP contribution in [0.15, 0.2) is 40.3 Å². The molecule has 162 valence electrons. The van der Waals surface area contributed by atoms with Gasteiger partial charge in [-0.2, -0.15) is 0 Å². The number of anilines is 1. The topological polar surface area (TPSA) is 78.7 Å². The standard InChI is InChI=1S/C23H26N4O3S/c1-15-11-16(2)21(17(3)12-15)18-14-31-23(24-18)25-20(28)13-26-6-8-27(9-7-26)22(29)19-5-4-10-30-19/h4-5,10-12,14H,6-9,13H2,1-3H3,(H,24,25,28). The van der Waals surface area contributed by atoms with Crippen LogP contribution < -0.4 is 5.32 Å². The van der Waals surface area contributed by atoms with E-state index in [1.54, 1.807) is 17.0 Å². The summed E-state index contributed by atoms with van der Waals surface area (Å²) < 4.78 is 5.19. The van der Waals surface area contributed by atoms with Crippen LogP contribution in [0, 0.1) is 20.8 Å². The molecular formula is C23H26N4O3S. The Balaban J connectivity index is 1.31. The van der Waals surface area contributed by atoms with E-state index in [0.29, 0.717) is 37.1 Å². The first-order valence-corrected chi connectivity index (χ1v) is 11.2. The third kappa shape index (κ3) is 4.86. The normalized spacial score (nSPS) is 14.6. The quantitative estimate of drug-likeness (QED) is 0.657. The van der Waals surface area contributed by atoms with Gasteiger partial charge in [0.05, 0.1) is 18.5 Å². The molecule has 0 radical (unpaired) electrons. The van der Waals surface area contributed by atoms with Crippen molar-refractivity contribution in [3.05, 3.63) is 58.4 Å². The van der Waals surface area contributed by atoms with Crippen molar-refractivity contribution >= 4 is 28.3 Å². The number of hydrogen-bond donors (Lipinski definition) is 1. The van der Waals surface area contributed by atoms with E-state index in [4.69, 9.17) is 4.42 Å². The molecule has 2 amide bonds. The lowest BCUT2D eigenvalue weighted by Crippen LogP contribution is -2.50. The maximum absolute atomic E-state index is 12.5. The Morgan fingerprint density at radius 3 is 2.48 bits per heavy atom. The fourth-order valence-corrected chi connectivity index (χ4v) is 4.77. The maximum atomic E-state index is 12.5. The van der Waals surface area contributed by atoms with E-state index in [1.165, 1.54) is 34.3 Å². The summed E-state index contributed by atoms with van der Waals surface area (Å²) in [7, 11) is 0. The van der Waals surface area contributed by atoms with E-state index < -0.39 is 0 Å². The molecule has 0 unspecified atom stereocenters. The van der Waals surface area contributed by atoms with Crippen molar-refractivity contribution < 1.29 is 14.0 Å². The molecule has 0 aliphatic carbocycles. The average Bonchev–Trinajstić information content (AvgIpc) is 3.40. The van der Waals surface area contributed by atoms with Gasteiger partial charge in [0.1, 0.15) is 0 Å². The molecule has 1 fully saturated rings. The Morgan fingerprint density at radius 1 is 1.13 bits per heavy atom. The Bertz CT molecular complexity index is 1060. The van der Waals surface area contributed by atoms with Gasteiger partial charge in [-0.3, -0.25) is 14.5 Å². The molecule has 0 spiro atoms. The number of furan rings is 1. The number of carbonyl (C=O) groups is 2. The van der Waals surface area contributed by atoms with Crippen molar-refractivity contribution in [1.29, 1.82) is 0 Å². The van der Waals surface area contributed by atoms with Crippen molar-refractivity contribution in [3.63, 3.8) is 0 Å². The number of benzene rings is 1. The number of aryl methyl sites for hydroxylation is 3. The van der Waals surface area contributed by atoms with Gasteiger partial charge < -0.3 is 14.6 Å². The highest BCUT2D eigenvalue weighted by atomic mass is 32.1. The minimum Gasteiger partial charge on any atom is -0.459 e. The molecule has 0 bridgehead atoms. The fourth-order valence-electron chi connectivity index (χ4n) is 4.06. The zero-order valence-electron chi connectivity index (χ0n) is 18.0. The molecule has 0 atom stereocenters. The summed E-state index contributed by atoms with van der Waals surface area (Å²) in [5.74, 6) is 0.153. The van der Waals surface area contributed by atoms with E-state index in [-0.39, 0.29) is 18.4 Å². The zero-order valence-corrected chi connectivity index (χ0v) is 18.8. The monoisotopic (exact) mass is 438 g/mol. The van der Waals surface area contributed by atoms with Gasteiger partial charge in [0.25, 0.3) is 5.91 Å². The number of nitrogens with zero attached hydrogens (tertiary/aromatic N) is 3. The highest BCUT2D eigenvalue weighted by molar-refractivity contribution is 7.14. The molecule has 0 saturated carbocycles. The molecule has 1 aromatic carbocycles. The number of amides is 2. The van der Waals surface area contributed by atoms with E-state index in [1.807, 2.05) is 10.3 Å². The Morgan fingerprint density at radius 2 is 1.84 bits per heavy atom. The molecule has 2 aromatic heterocycles. The van der Waals surface area contributed by atoms with Gasteiger partial charge in [-0.1, -0.05) is 17.7 Å². The maximum Gasteiger partial charge on any atom is 0.289 e. The second-order valence-electron chi connectivity index (χ2n) is 7.91. The summed E-state index contributed by atoms with van der Waals surface area (Å²) in [6.45, 7) is 8.96. The molecule has 1 aliphatic rings. The van der Waals surface area contributed by atoms with E-state index in [2.05, 4.69) is 43.2 Å². The van der Waals surface area contributed by atoms with Gasteiger partial charge in [0.15, 0.2) is 10.9 Å². The van der Waals surface area contributed by atoms with Gasteiger partial charge in [0.2, 0.25) is 5.91 Å². The minimum absolute atomic E-state index is 0.0935. The molecule has 3 heterocycles. The largest absolute Gasteiger partial charge is 0.459 e. The summed E-state index contributed by atoms with van der Waals surface area (Å²) in [5, 5.41) is 5.51. The second kappa shape index (κ2) is 9.03. The summed E-state index contributed by atoms with van der Waals surface area (Å²) in [6, 6.07) is 7.68. The lowest BCUT2D eigenvalue weighted by Gasteiger charge is -2.33. The highest BCUT2D eigenvalue weighted by Crippen LogP contribution is 2.31. The lowest BCUT2D eigenvalue weighted by molar-refractivity contribution is -0.117. The van der Waals surface area contributed by atoms with Gasteiger partial charge in [-0.25, -0.2) is 4.98 Å². The molecule has 1 aliphatic heterocycles. The second-order valence-corrected chi connectivity index (χ2v) is 8.76. The first-order chi connectivity index (χ1) is 14.9. The van der Waals surface area contributed by atoms with Crippen molar-refractivity contribution in [2.45, 2.75) is 20.8 Å². The summed E-state index contributed by atoms with van der Waals surface area (Å²) in [5.41, 5.74) is 5.61. The number of hydrogen-bond acceptors (Lipinski definition) is 6. The number of rotatable bonds is 5. The van der Waals surface area contributed by atoms with Crippen LogP contribution in [0.4, 0.5) is 5.13 Å². The van der Waals surface area contributed by atoms with Crippen molar-refractivity contribution in [3.8, 4) is 11.3 Å². The number of carbonyl (C=O) groups excluding carboxylic acids is 2. The fraction of sp³-hybridized carbons (Fsp3) is 0.348. The third-order valence-corrected chi connectivity index (χ3v) is 6.20. The van der Waals surface area contributed by atoms with Crippen LogP contribution in [-0.4, -0.2) is 59.3 Å². The first-order valence-electron chi connectivity index (χ1n) is 10.3. The number of nitrogens with one attached hydrogen (secondary N) is 1. The SMILES string of the molecule is Cc1cc(C)c(-c2csc(NC(=O)CN3CCN(C(=O)c4ccco4)CC3)n2)c(C)c1. The molecule has 4 rings (SSSR count).